The van der Waals surface area contributed by atoms with Crippen LogP contribution in [0.5, 0.6) is 0 Å². The van der Waals surface area contributed by atoms with Gasteiger partial charge in [0.1, 0.15) is 18.1 Å². The molecular weight excluding hydrogens is 474 g/mol. The van der Waals surface area contributed by atoms with Crippen LogP contribution in [0.4, 0.5) is 0 Å². The summed E-state index contributed by atoms with van der Waals surface area (Å²) in [6, 6.07) is 3.23. The van der Waals surface area contributed by atoms with Crippen molar-refractivity contribution in [1.29, 1.82) is 0 Å². The van der Waals surface area contributed by atoms with Gasteiger partial charge in [0.15, 0.2) is 0 Å². The fourth-order valence-corrected chi connectivity index (χ4v) is 4.27. The first-order valence-electron chi connectivity index (χ1n) is 11.4. The Bertz CT molecular complexity index is 1070. The van der Waals surface area contributed by atoms with Gasteiger partial charge in [0.05, 0.1) is 12.1 Å². The number of aromatic nitrogens is 1. The summed E-state index contributed by atoms with van der Waals surface area (Å²) in [7, 11) is 0. The zero-order valence-electron chi connectivity index (χ0n) is 19.3. The van der Waals surface area contributed by atoms with E-state index < -0.39 is 54.0 Å². The lowest BCUT2D eigenvalue weighted by molar-refractivity contribution is -0.142. The van der Waals surface area contributed by atoms with Crippen LogP contribution in [-0.4, -0.2) is 81.5 Å². The van der Waals surface area contributed by atoms with Gasteiger partial charge in [0, 0.05) is 29.3 Å². The van der Waals surface area contributed by atoms with E-state index in [1.807, 2.05) is 24.3 Å². The number of hydrogen-bond donors (Lipinski definition) is 8. The smallest absolute Gasteiger partial charge is 0.326 e. The molecule has 0 radical (unpaired) electrons. The molecule has 12 heteroatoms. The number of carboxylic acids is 1. The van der Waals surface area contributed by atoms with Gasteiger partial charge < -0.3 is 36.5 Å². The lowest BCUT2D eigenvalue weighted by atomic mass is 10.0. The lowest BCUT2D eigenvalue weighted by Crippen LogP contribution is -2.60. The number of aliphatic carboxylic acids is 1. The average molecular weight is 506 g/mol. The highest BCUT2D eigenvalue weighted by atomic mass is 32.1. The number of thiol groups is 1. The molecule has 35 heavy (non-hydrogen) atoms. The predicted molar refractivity (Wildman–Crippen MR) is 132 cm³/mol. The monoisotopic (exact) mass is 505 g/mol. The zero-order chi connectivity index (χ0) is 25.5. The molecule has 1 aliphatic rings. The molecule has 1 aliphatic heterocycles. The van der Waals surface area contributed by atoms with Gasteiger partial charge in [0.2, 0.25) is 17.7 Å². The van der Waals surface area contributed by atoms with E-state index in [4.69, 9.17) is 0 Å². The van der Waals surface area contributed by atoms with Crippen molar-refractivity contribution in [1.82, 2.24) is 26.3 Å². The normalized spacial score (nSPS) is 18.9. The second-order valence-electron chi connectivity index (χ2n) is 8.58. The van der Waals surface area contributed by atoms with Crippen LogP contribution in [0.25, 0.3) is 10.9 Å². The van der Waals surface area contributed by atoms with Crippen molar-refractivity contribution in [2.24, 2.45) is 0 Å². The van der Waals surface area contributed by atoms with Crippen LogP contribution >= 0.6 is 12.6 Å². The Kier molecular flexibility index (Phi) is 9.13. The van der Waals surface area contributed by atoms with Crippen LogP contribution < -0.4 is 21.3 Å². The fraction of sp³-hybridized carbons (Fsp3) is 0.478. The van der Waals surface area contributed by atoms with Gasteiger partial charge in [-0.25, -0.2) is 4.79 Å². The molecule has 1 fully saturated rings. The fourth-order valence-electron chi connectivity index (χ4n) is 4.02. The molecule has 11 nitrogen and oxygen atoms in total. The van der Waals surface area contributed by atoms with Gasteiger partial charge >= 0.3 is 5.97 Å². The van der Waals surface area contributed by atoms with Gasteiger partial charge in [-0.2, -0.15) is 12.6 Å². The van der Waals surface area contributed by atoms with Gasteiger partial charge in [-0.15, -0.1) is 0 Å². The van der Waals surface area contributed by atoms with Crippen LogP contribution in [-0.2, 0) is 25.6 Å². The van der Waals surface area contributed by atoms with Crippen LogP contribution in [0.2, 0.25) is 0 Å². The van der Waals surface area contributed by atoms with E-state index in [0.717, 1.165) is 22.9 Å². The third kappa shape index (κ3) is 6.74. The number of nitrogens with one attached hydrogen (secondary N) is 5. The van der Waals surface area contributed by atoms with Crippen molar-refractivity contribution in [3.8, 4) is 0 Å². The number of aliphatic hydroxyl groups excluding tert-OH is 1. The predicted octanol–water partition coefficient (Wildman–Crippen LogP) is -0.688. The Labute approximate surface area is 207 Å². The number of aromatic amines is 1. The third-order valence-electron chi connectivity index (χ3n) is 5.97. The highest BCUT2D eigenvalue weighted by Crippen LogP contribution is 2.19. The molecule has 0 spiro atoms. The second-order valence-corrected chi connectivity index (χ2v) is 8.95. The maximum atomic E-state index is 12.8. The lowest BCUT2D eigenvalue weighted by Gasteiger charge is -2.25. The van der Waals surface area contributed by atoms with Crippen molar-refractivity contribution in [3.05, 3.63) is 36.0 Å². The molecule has 2 aromatic rings. The number of carboxylic acid groups (broad SMARTS) is 1. The minimum absolute atomic E-state index is 0.0269. The summed E-state index contributed by atoms with van der Waals surface area (Å²) in [6.07, 6.45) is 1.94. The Morgan fingerprint density at radius 1 is 1.11 bits per heavy atom. The van der Waals surface area contributed by atoms with Gasteiger partial charge in [-0.3, -0.25) is 14.4 Å². The average Bonchev–Trinajstić information content (AvgIpc) is 3.50. The summed E-state index contributed by atoms with van der Waals surface area (Å²) < 4.78 is 0. The minimum atomic E-state index is -1.29. The van der Waals surface area contributed by atoms with Crippen molar-refractivity contribution in [2.75, 3.05) is 12.3 Å². The number of H-pyrrole nitrogens is 1. The molecular formula is C23H31N5O6S. The largest absolute Gasteiger partial charge is 0.480 e. The van der Waals surface area contributed by atoms with E-state index >= 15 is 0 Å². The van der Waals surface area contributed by atoms with Crippen LogP contribution in [0, 0.1) is 0 Å². The number of hydrogen-bond acceptors (Lipinski definition) is 7. The summed E-state index contributed by atoms with van der Waals surface area (Å²) in [5.41, 5.74) is 1.56. The summed E-state index contributed by atoms with van der Waals surface area (Å²) in [5.74, 6) is -3.29. The van der Waals surface area contributed by atoms with Crippen LogP contribution in [0.15, 0.2) is 30.5 Å². The maximum Gasteiger partial charge on any atom is 0.326 e. The van der Waals surface area contributed by atoms with E-state index in [0.29, 0.717) is 13.0 Å². The van der Waals surface area contributed by atoms with E-state index in [9.17, 15) is 29.4 Å². The number of carbonyl (C=O) groups is 4. The first kappa shape index (κ1) is 26.5. The second kappa shape index (κ2) is 12.0. The molecule has 0 aliphatic carbocycles. The molecule has 5 atom stereocenters. The van der Waals surface area contributed by atoms with Gasteiger partial charge in [0.25, 0.3) is 0 Å². The summed E-state index contributed by atoms with van der Waals surface area (Å²) >= 11 is 4.11. The van der Waals surface area contributed by atoms with E-state index in [1.165, 1.54) is 6.92 Å². The summed E-state index contributed by atoms with van der Waals surface area (Å²) in [5, 5.41) is 31.0. The molecule has 2 heterocycles. The SMILES string of the molecule is CC(O)C(NC(=O)C1CCCN1)C(=O)NC(CS)C(=O)NC(Cc1c[nH]c2ccccc12)C(=O)O. The standard InChI is InChI=1S/C23H31N5O6S/c1-12(29)19(28-20(30)16-7-4-8-24-16)22(32)27-18(11-35)21(31)26-17(23(33)34)9-13-10-25-15-6-3-2-5-14(13)15/h2-3,5-6,10,12,16-19,24-25,29,35H,4,7-9,11H2,1H3,(H,26,31)(H,27,32)(H,28,30)(H,33,34). The molecule has 1 aromatic heterocycles. The molecule has 5 unspecified atom stereocenters. The highest BCUT2D eigenvalue weighted by molar-refractivity contribution is 7.80. The molecule has 1 saturated heterocycles. The molecule has 3 rings (SSSR count). The quantitative estimate of drug-likeness (QED) is 0.187. The molecule has 7 N–H and O–H groups in total. The summed E-state index contributed by atoms with van der Waals surface area (Å²) in [6.45, 7) is 2.04. The van der Waals surface area contributed by atoms with E-state index in [2.05, 4.69) is 38.9 Å². The Hall–Kier alpha value is -3.09. The van der Waals surface area contributed by atoms with Gasteiger partial charge in [-0.1, -0.05) is 18.2 Å². The van der Waals surface area contributed by atoms with E-state index in [1.54, 1.807) is 6.20 Å². The van der Waals surface area contributed by atoms with Gasteiger partial charge in [-0.05, 0) is 37.9 Å². The molecule has 0 bridgehead atoms. The van der Waals surface area contributed by atoms with Crippen LogP contribution in [0.1, 0.15) is 25.3 Å². The maximum absolute atomic E-state index is 12.8. The number of benzene rings is 1. The Morgan fingerprint density at radius 3 is 2.46 bits per heavy atom. The van der Waals surface area contributed by atoms with Crippen molar-refractivity contribution < 1.29 is 29.4 Å². The van der Waals surface area contributed by atoms with Crippen molar-refractivity contribution in [3.63, 3.8) is 0 Å². The van der Waals surface area contributed by atoms with Crippen molar-refractivity contribution in [2.45, 2.75) is 56.5 Å². The molecule has 1 aromatic carbocycles. The first-order chi connectivity index (χ1) is 16.7. The number of carbonyl (C=O) groups excluding carboxylic acids is 3. The highest BCUT2D eigenvalue weighted by Gasteiger charge is 2.33. The number of rotatable bonds is 11. The third-order valence-corrected chi connectivity index (χ3v) is 6.33. The number of aliphatic hydroxyl groups is 1. The number of para-hydroxylation sites is 1. The number of amides is 3. The van der Waals surface area contributed by atoms with Crippen molar-refractivity contribution >= 4 is 47.2 Å². The summed E-state index contributed by atoms with van der Waals surface area (Å²) in [4.78, 5) is 52.9. The minimum Gasteiger partial charge on any atom is -0.480 e. The Balaban J connectivity index is 1.64. The number of fused-ring (bicyclic) bond motifs is 1. The molecule has 190 valence electrons. The van der Waals surface area contributed by atoms with Crippen LogP contribution in [0.3, 0.4) is 0 Å². The first-order valence-corrected chi connectivity index (χ1v) is 12.1. The van der Waals surface area contributed by atoms with E-state index in [-0.39, 0.29) is 12.2 Å². The topological polar surface area (TPSA) is 173 Å². The zero-order valence-corrected chi connectivity index (χ0v) is 20.2. The molecule has 3 amide bonds. The Morgan fingerprint density at radius 2 is 1.83 bits per heavy atom. The molecule has 0 saturated carbocycles.